The summed E-state index contributed by atoms with van der Waals surface area (Å²) < 4.78 is 0. The second kappa shape index (κ2) is 6.24. The van der Waals surface area contributed by atoms with Crippen LogP contribution >= 0.6 is 11.6 Å². The lowest BCUT2D eigenvalue weighted by Gasteiger charge is -2.34. The first kappa shape index (κ1) is 14.8. The van der Waals surface area contributed by atoms with Crippen molar-refractivity contribution in [1.82, 2.24) is 10.2 Å². The molecule has 1 saturated heterocycles. The van der Waals surface area contributed by atoms with Gasteiger partial charge < -0.3 is 10.4 Å². The first-order valence-electron chi connectivity index (χ1n) is 6.46. The van der Waals surface area contributed by atoms with Crippen LogP contribution in [0.2, 0.25) is 5.02 Å². The van der Waals surface area contributed by atoms with Crippen molar-refractivity contribution in [3.8, 4) is 0 Å². The van der Waals surface area contributed by atoms with Gasteiger partial charge in [0, 0.05) is 24.7 Å². The molecular weight excluding hydrogens is 280 g/mol. The lowest BCUT2D eigenvalue weighted by molar-refractivity contribution is -0.143. The monoisotopic (exact) mass is 296 g/mol. The van der Waals surface area contributed by atoms with Crippen LogP contribution in [0.4, 0.5) is 0 Å². The third-order valence-corrected chi connectivity index (χ3v) is 3.74. The molecule has 1 aliphatic rings. The molecule has 0 bridgehead atoms. The van der Waals surface area contributed by atoms with Crippen LogP contribution in [0.5, 0.6) is 0 Å². The quantitative estimate of drug-likeness (QED) is 0.882. The highest BCUT2D eigenvalue weighted by Gasteiger charge is 2.31. The molecule has 20 heavy (non-hydrogen) atoms. The molecule has 108 valence electrons. The van der Waals surface area contributed by atoms with E-state index in [1.807, 2.05) is 30.0 Å². The zero-order valence-corrected chi connectivity index (χ0v) is 12.0. The molecule has 0 radical (unpaired) electrons. The summed E-state index contributed by atoms with van der Waals surface area (Å²) in [6, 6.07) is 5.10. The third kappa shape index (κ3) is 3.49. The number of rotatable bonds is 4. The molecule has 2 rings (SSSR count). The number of piperazine rings is 1. The molecule has 1 atom stereocenters. The Morgan fingerprint density at radius 2 is 2.30 bits per heavy atom. The van der Waals surface area contributed by atoms with Gasteiger partial charge in [-0.1, -0.05) is 23.7 Å². The van der Waals surface area contributed by atoms with Gasteiger partial charge in [-0.05, 0) is 24.1 Å². The van der Waals surface area contributed by atoms with Crippen molar-refractivity contribution < 1.29 is 14.7 Å². The number of hydrogen-bond acceptors (Lipinski definition) is 3. The summed E-state index contributed by atoms with van der Waals surface area (Å²) in [6.07, 6.45) is -0.199. The summed E-state index contributed by atoms with van der Waals surface area (Å²) in [6.45, 7) is 3.58. The predicted octanol–water partition coefficient (Wildman–Crippen LogP) is 1.42. The van der Waals surface area contributed by atoms with Crippen molar-refractivity contribution >= 4 is 23.5 Å². The highest BCUT2D eigenvalue weighted by molar-refractivity contribution is 6.31. The van der Waals surface area contributed by atoms with E-state index < -0.39 is 12.0 Å². The maximum Gasteiger partial charge on any atom is 0.305 e. The lowest BCUT2D eigenvalue weighted by Crippen LogP contribution is -2.55. The Labute approximate surface area is 122 Å². The Morgan fingerprint density at radius 3 is 2.95 bits per heavy atom. The molecular formula is C14H17ClN2O3. The zero-order valence-electron chi connectivity index (χ0n) is 11.2. The van der Waals surface area contributed by atoms with Crippen molar-refractivity contribution in [2.24, 2.45) is 0 Å². The standard InChI is InChI=1S/C14H17ClN2O3/c1-9-2-3-10(11(15)6-9)8-17-5-4-16-14(20)12(17)7-13(18)19/h2-3,6,12H,4-5,7-8H2,1H3,(H,16,20)(H,18,19). The van der Waals surface area contributed by atoms with Crippen LogP contribution in [-0.4, -0.2) is 41.0 Å². The van der Waals surface area contributed by atoms with Gasteiger partial charge in [-0.3, -0.25) is 14.5 Å². The number of nitrogens with one attached hydrogen (secondary N) is 1. The number of amides is 1. The fraction of sp³-hybridized carbons (Fsp3) is 0.429. The summed E-state index contributed by atoms with van der Waals surface area (Å²) >= 11 is 6.20. The molecule has 1 aliphatic heterocycles. The summed E-state index contributed by atoms with van der Waals surface area (Å²) in [5.74, 6) is -1.21. The number of carbonyl (C=O) groups excluding carboxylic acids is 1. The van der Waals surface area contributed by atoms with Gasteiger partial charge in [0.05, 0.1) is 6.42 Å². The molecule has 0 aliphatic carbocycles. The molecule has 6 heteroatoms. The molecule has 2 N–H and O–H groups in total. The summed E-state index contributed by atoms with van der Waals surface area (Å²) in [7, 11) is 0. The molecule has 1 heterocycles. The average molecular weight is 297 g/mol. The number of carboxylic acids is 1. The molecule has 0 aromatic heterocycles. The maximum absolute atomic E-state index is 11.8. The Balaban J connectivity index is 2.16. The normalized spacial score (nSPS) is 19.7. The Morgan fingerprint density at radius 1 is 1.55 bits per heavy atom. The SMILES string of the molecule is Cc1ccc(CN2CCNC(=O)C2CC(=O)O)c(Cl)c1. The van der Waals surface area contributed by atoms with Crippen LogP contribution in [0.25, 0.3) is 0 Å². The van der Waals surface area contributed by atoms with E-state index in [1.54, 1.807) is 0 Å². The fourth-order valence-electron chi connectivity index (χ4n) is 2.34. The van der Waals surface area contributed by atoms with Gasteiger partial charge in [0.25, 0.3) is 0 Å². The predicted molar refractivity (Wildman–Crippen MR) is 75.6 cm³/mol. The van der Waals surface area contributed by atoms with E-state index in [0.717, 1.165) is 11.1 Å². The van der Waals surface area contributed by atoms with Gasteiger partial charge in [-0.2, -0.15) is 0 Å². The number of carboxylic acid groups (broad SMARTS) is 1. The molecule has 1 aromatic carbocycles. The summed E-state index contributed by atoms with van der Waals surface area (Å²) in [5, 5.41) is 12.3. The van der Waals surface area contributed by atoms with Crippen molar-refractivity contribution in [2.75, 3.05) is 13.1 Å². The van der Waals surface area contributed by atoms with E-state index in [9.17, 15) is 9.59 Å². The second-order valence-electron chi connectivity index (χ2n) is 4.97. The first-order chi connectivity index (χ1) is 9.47. The van der Waals surface area contributed by atoms with Gasteiger partial charge >= 0.3 is 5.97 Å². The number of aliphatic carboxylic acids is 1. The number of benzene rings is 1. The van der Waals surface area contributed by atoms with E-state index in [2.05, 4.69) is 5.32 Å². The first-order valence-corrected chi connectivity index (χ1v) is 6.84. The van der Waals surface area contributed by atoms with Crippen LogP contribution in [0.15, 0.2) is 18.2 Å². The lowest BCUT2D eigenvalue weighted by atomic mass is 10.1. The number of carbonyl (C=O) groups is 2. The van der Waals surface area contributed by atoms with Gasteiger partial charge in [-0.25, -0.2) is 0 Å². The third-order valence-electron chi connectivity index (χ3n) is 3.39. The Bertz CT molecular complexity index is 533. The second-order valence-corrected chi connectivity index (χ2v) is 5.38. The summed E-state index contributed by atoms with van der Waals surface area (Å²) in [5.41, 5.74) is 1.97. The van der Waals surface area contributed by atoms with Crippen molar-refractivity contribution in [3.05, 3.63) is 34.3 Å². The van der Waals surface area contributed by atoms with E-state index in [-0.39, 0.29) is 12.3 Å². The van der Waals surface area contributed by atoms with Gasteiger partial charge in [0.1, 0.15) is 6.04 Å². The van der Waals surface area contributed by atoms with Crippen molar-refractivity contribution in [1.29, 1.82) is 0 Å². The largest absolute Gasteiger partial charge is 0.481 e. The molecule has 1 aromatic rings. The molecule has 1 amide bonds. The van der Waals surface area contributed by atoms with E-state index in [1.165, 1.54) is 0 Å². The number of hydrogen-bond donors (Lipinski definition) is 2. The van der Waals surface area contributed by atoms with Crippen molar-refractivity contribution in [2.45, 2.75) is 25.9 Å². The smallest absolute Gasteiger partial charge is 0.305 e. The highest BCUT2D eigenvalue weighted by Crippen LogP contribution is 2.21. The zero-order chi connectivity index (χ0) is 14.7. The molecule has 0 spiro atoms. The van der Waals surface area contributed by atoms with Crippen molar-refractivity contribution in [3.63, 3.8) is 0 Å². The average Bonchev–Trinajstić information content (AvgIpc) is 2.36. The van der Waals surface area contributed by atoms with E-state index >= 15 is 0 Å². The number of aryl methyl sites for hydroxylation is 1. The van der Waals surface area contributed by atoms with Gasteiger partial charge in [-0.15, -0.1) is 0 Å². The summed E-state index contributed by atoms with van der Waals surface area (Å²) in [4.78, 5) is 24.6. The minimum Gasteiger partial charge on any atom is -0.481 e. The number of halogens is 1. The van der Waals surface area contributed by atoms with Crippen LogP contribution in [0, 0.1) is 6.92 Å². The van der Waals surface area contributed by atoms with Gasteiger partial charge in [0.2, 0.25) is 5.91 Å². The van der Waals surface area contributed by atoms with E-state index in [0.29, 0.717) is 24.7 Å². The van der Waals surface area contributed by atoms with Crippen LogP contribution in [0.1, 0.15) is 17.5 Å². The maximum atomic E-state index is 11.8. The molecule has 0 saturated carbocycles. The Kier molecular flexibility index (Phi) is 4.62. The molecule has 1 unspecified atom stereocenters. The minimum absolute atomic E-state index is 0.199. The van der Waals surface area contributed by atoms with Crippen LogP contribution < -0.4 is 5.32 Å². The van der Waals surface area contributed by atoms with Crippen LogP contribution in [0.3, 0.4) is 0 Å². The number of nitrogens with zero attached hydrogens (tertiary/aromatic N) is 1. The minimum atomic E-state index is -0.980. The van der Waals surface area contributed by atoms with E-state index in [4.69, 9.17) is 16.7 Å². The Hall–Kier alpha value is -1.59. The molecule has 5 nitrogen and oxygen atoms in total. The molecule has 1 fully saturated rings. The highest BCUT2D eigenvalue weighted by atomic mass is 35.5. The van der Waals surface area contributed by atoms with Crippen LogP contribution in [-0.2, 0) is 16.1 Å². The van der Waals surface area contributed by atoms with Gasteiger partial charge in [0.15, 0.2) is 0 Å². The topological polar surface area (TPSA) is 69.6 Å². The fourth-order valence-corrected chi connectivity index (χ4v) is 2.63.